The van der Waals surface area contributed by atoms with Crippen molar-refractivity contribution in [1.29, 1.82) is 0 Å². The van der Waals surface area contributed by atoms with E-state index in [2.05, 4.69) is 48.0 Å². The normalized spacial score (nSPS) is 12.7. The Kier molecular flexibility index (Phi) is 4.29. The van der Waals surface area contributed by atoms with Crippen molar-refractivity contribution in [1.82, 2.24) is 0 Å². The molecule has 0 spiro atoms. The van der Waals surface area contributed by atoms with Crippen LogP contribution in [0.1, 0.15) is 25.7 Å². The first-order chi connectivity index (χ1) is 8.06. The molecule has 0 aliphatic carbocycles. The van der Waals surface area contributed by atoms with E-state index < -0.39 is 0 Å². The topological polar surface area (TPSA) is 0 Å². The molecule has 0 amide bonds. The van der Waals surface area contributed by atoms with Crippen molar-refractivity contribution in [2.45, 2.75) is 25.1 Å². The van der Waals surface area contributed by atoms with E-state index in [9.17, 15) is 0 Å². The van der Waals surface area contributed by atoms with Gasteiger partial charge in [0.15, 0.2) is 0 Å². The largest absolute Gasteiger partial charge is 0.144 e. The Balaban J connectivity index is 2.11. The van der Waals surface area contributed by atoms with Crippen molar-refractivity contribution < 1.29 is 0 Å². The van der Waals surface area contributed by atoms with Gasteiger partial charge in [0.25, 0.3) is 0 Å². The first-order valence-corrected chi connectivity index (χ1v) is 7.62. The van der Waals surface area contributed by atoms with Crippen LogP contribution in [-0.2, 0) is 6.42 Å². The van der Waals surface area contributed by atoms with Crippen LogP contribution in [0.25, 0.3) is 0 Å². The maximum absolute atomic E-state index is 5.88. The van der Waals surface area contributed by atoms with Gasteiger partial charge in [-0.05, 0) is 49.6 Å². The highest BCUT2D eigenvalue weighted by molar-refractivity contribution is 9.09. The van der Waals surface area contributed by atoms with Gasteiger partial charge in [0, 0.05) is 14.8 Å². The maximum atomic E-state index is 5.88. The molecule has 1 atom stereocenters. The lowest BCUT2D eigenvalue weighted by atomic mass is 10.1. The van der Waals surface area contributed by atoms with Gasteiger partial charge >= 0.3 is 0 Å². The lowest BCUT2D eigenvalue weighted by molar-refractivity contribution is 0.969. The summed E-state index contributed by atoms with van der Waals surface area (Å²) < 4.78 is 0. The highest BCUT2D eigenvalue weighted by Crippen LogP contribution is 2.34. The van der Waals surface area contributed by atoms with Gasteiger partial charge < -0.3 is 0 Å². The number of hydrogen-bond acceptors (Lipinski definition) is 1. The van der Waals surface area contributed by atoms with Crippen molar-refractivity contribution in [3.05, 3.63) is 56.2 Å². The molecule has 1 aromatic carbocycles. The first-order valence-electron chi connectivity index (χ1n) is 5.51. The van der Waals surface area contributed by atoms with Crippen LogP contribution in [0.2, 0.25) is 5.02 Å². The summed E-state index contributed by atoms with van der Waals surface area (Å²) in [5.74, 6) is 0. The zero-order valence-corrected chi connectivity index (χ0v) is 13.0. The third-order valence-corrected chi connectivity index (χ3v) is 5.46. The van der Waals surface area contributed by atoms with Gasteiger partial charge in [0.05, 0.1) is 4.83 Å². The molecule has 17 heavy (non-hydrogen) atoms. The molecular weight excluding hydrogens is 316 g/mol. The van der Waals surface area contributed by atoms with Crippen LogP contribution in [0, 0.1) is 13.8 Å². The lowest BCUT2D eigenvalue weighted by Gasteiger charge is -2.07. The van der Waals surface area contributed by atoms with Crippen molar-refractivity contribution in [3.63, 3.8) is 0 Å². The van der Waals surface area contributed by atoms with Gasteiger partial charge in [-0.3, -0.25) is 0 Å². The van der Waals surface area contributed by atoms with Crippen LogP contribution in [-0.4, -0.2) is 0 Å². The molecule has 0 nitrogen and oxygen atoms in total. The number of hydrogen-bond donors (Lipinski definition) is 0. The molecule has 90 valence electrons. The third-order valence-electron chi connectivity index (χ3n) is 2.82. The Morgan fingerprint density at radius 2 is 1.88 bits per heavy atom. The van der Waals surface area contributed by atoms with Crippen LogP contribution in [0.3, 0.4) is 0 Å². The van der Waals surface area contributed by atoms with E-state index in [1.807, 2.05) is 23.5 Å². The Morgan fingerprint density at radius 3 is 2.41 bits per heavy atom. The van der Waals surface area contributed by atoms with E-state index in [1.54, 1.807) is 0 Å². The predicted octanol–water partition coefficient (Wildman–Crippen LogP) is 5.70. The minimum atomic E-state index is 0.390. The van der Waals surface area contributed by atoms with Crippen molar-refractivity contribution >= 4 is 38.9 Å². The van der Waals surface area contributed by atoms with E-state index in [0.717, 1.165) is 11.4 Å². The van der Waals surface area contributed by atoms with Crippen molar-refractivity contribution in [2.75, 3.05) is 0 Å². The van der Waals surface area contributed by atoms with Crippen LogP contribution in [0.4, 0.5) is 0 Å². The van der Waals surface area contributed by atoms with Crippen molar-refractivity contribution in [3.8, 4) is 0 Å². The Bertz CT molecular complexity index is 482. The Hall–Kier alpha value is -0.310. The monoisotopic (exact) mass is 328 g/mol. The second-order valence-corrected chi connectivity index (χ2v) is 7.02. The van der Waals surface area contributed by atoms with Crippen LogP contribution >= 0.6 is 38.9 Å². The lowest BCUT2D eigenvalue weighted by Crippen LogP contribution is -1.92. The number of rotatable bonds is 3. The zero-order valence-electron chi connectivity index (χ0n) is 9.84. The predicted molar refractivity (Wildman–Crippen MR) is 80.6 cm³/mol. The average molecular weight is 330 g/mol. The van der Waals surface area contributed by atoms with Gasteiger partial charge in [-0.1, -0.05) is 39.7 Å². The summed E-state index contributed by atoms with van der Waals surface area (Å²) in [5, 5.41) is 0.794. The Labute approximate surface area is 120 Å². The number of benzene rings is 1. The molecular formula is C14H14BrClS. The van der Waals surface area contributed by atoms with Gasteiger partial charge in [0.2, 0.25) is 0 Å². The van der Waals surface area contributed by atoms with Gasteiger partial charge in [-0.15, -0.1) is 11.3 Å². The fourth-order valence-corrected chi connectivity index (χ4v) is 3.62. The SMILES string of the molecule is Cc1cc(C(Br)Cc2ccc(Cl)cc2)sc1C. The standard InChI is InChI=1S/C14H14BrClS/c1-9-7-14(17-10(9)2)13(15)8-11-3-5-12(16)6-4-11/h3-7,13H,8H2,1-2H3. The Morgan fingerprint density at radius 1 is 1.24 bits per heavy atom. The molecule has 0 saturated carbocycles. The quantitative estimate of drug-likeness (QED) is 0.634. The number of halogens is 2. The molecule has 1 heterocycles. The van der Waals surface area contributed by atoms with E-state index in [0.29, 0.717) is 4.83 Å². The molecule has 0 radical (unpaired) electrons. The summed E-state index contributed by atoms with van der Waals surface area (Å²) in [5.41, 5.74) is 2.69. The smallest absolute Gasteiger partial charge is 0.0529 e. The minimum absolute atomic E-state index is 0.390. The number of alkyl halides is 1. The summed E-state index contributed by atoms with van der Waals surface area (Å²) in [6.07, 6.45) is 0.997. The molecule has 0 aliphatic rings. The molecule has 0 fully saturated rings. The second kappa shape index (κ2) is 5.55. The first kappa shape index (κ1) is 13.1. The van der Waals surface area contributed by atoms with E-state index in [4.69, 9.17) is 11.6 Å². The van der Waals surface area contributed by atoms with E-state index >= 15 is 0 Å². The molecule has 0 N–H and O–H groups in total. The minimum Gasteiger partial charge on any atom is -0.144 e. The summed E-state index contributed by atoms with van der Waals surface area (Å²) in [4.78, 5) is 3.19. The molecule has 2 aromatic rings. The molecule has 0 bridgehead atoms. The zero-order chi connectivity index (χ0) is 12.4. The fraction of sp³-hybridized carbons (Fsp3) is 0.286. The van der Waals surface area contributed by atoms with E-state index in [1.165, 1.54) is 20.9 Å². The summed E-state index contributed by atoms with van der Waals surface area (Å²) in [7, 11) is 0. The van der Waals surface area contributed by atoms with Crippen LogP contribution in [0.15, 0.2) is 30.3 Å². The number of thiophene rings is 1. The fourth-order valence-electron chi connectivity index (χ4n) is 1.68. The number of aryl methyl sites for hydroxylation is 2. The highest BCUT2D eigenvalue weighted by Gasteiger charge is 2.12. The van der Waals surface area contributed by atoms with Gasteiger partial charge in [-0.2, -0.15) is 0 Å². The summed E-state index contributed by atoms with van der Waals surface area (Å²) >= 11 is 11.5. The maximum Gasteiger partial charge on any atom is 0.0529 e. The summed E-state index contributed by atoms with van der Waals surface area (Å²) in [6, 6.07) is 10.3. The van der Waals surface area contributed by atoms with Crippen LogP contribution < -0.4 is 0 Å². The average Bonchev–Trinajstić information content (AvgIpc) is 2.63. The molecule has 3 heteroatoms. The van der Waals surface area contributed by atoms with Gasteiger partial charge in [-0.25, -0.2) is 0 Å². The van der Waals surface area contributed by atoms with Crippen LogP contribution in [0.5, 0.6) is 0 Å². The molecule has 1 aromatic heterocycles. The summed E-state index contributed by atoms with van der Waals surface area (Å²) in [6.45, 7) is 4.34. The molecule has 0 aliphatic heterocycles. The second-order valence-electron chi connectivity index (χ2n) is 4.19. The van der Waals surface area contributed by atoms with Gasteiger partial charge in [0.1, 0.15) is 0 Å². The third kappa shape index (κ3) is 3.34. The molecule has 2 rings (SSSR count). The molecule has 1 unspecified atom stereocenters. The van der Waals surface area contributed by atoms with E-state index in [-0.39, 0.29) is 0 Å². The van der Waals surface area contributed by atoms with Crippen molar-refractivity contribution in [2.24, 2.45) is 0 Å². The molecule has 0 saturated heterocycles. The highest BCUT2D eigenvalue weighted by atomic mass is 79.9.